The number of hydrogen-bond donors (Lipinski definition) is 1. The second-order valence-corrected chi connectivity index (χ2v) is 14.3. The molecule has 0 saturated carbocycles. The molecule has 2 N–H and O–H groups in total. The molecule has 0 radical (unpaired) electrons. The SMILES string of the molecule is Cc1ccc(N(c2ccccc2N)c2ccc3ccc4ccc(N(c5ccc(C)cc5C)c5ccccc5-c5ccccc5)c5ccc2c3c45)c(C)c1. The number of hydrogen-bond acceptors (Lipinski definition) is 3. The van der Waals surface area contributed by atoms with E-state index >= 15 is 0 Å². The molecule has 0 fully saturated rings. The first kappa shape index (κ1) is 32.3. The number of aryl methyl sites for hydroxylation is 4. The van der Waals surface area contributed by atoms with Crippen molar-refractivity contribution in [1.29, 1.82) is 0 Å². The minimum atomic E-state index is 0.738. The highest BCUT2D eigenvalue weighted by atomic mass is 15.2. The molecule has 9 rings (SSSR count). The van der Waals surface area contributed by atoms with Gasteiger partial charge in [-0.15, -0.1) is 0 Å². The number of anilines is 7. The van der Waals surface area contributed by atoms with Crippen LogP contribution in [0.15, 0.2) is 164 Å². The Morgan fingerprint density at radius 2 is 0.830 bits per heavy atom. The highest BCUT2D eigenvalue weighted by Gasteiger charge is 2.25. The van der Waals surface area contributed by atoms with Gasteiger partial charge in [0, 0.05) is 27.7 Å². The number of para-hydroxylation sites is 3. The number of benzene rings is 9. The number of nitrogen functional groups attached to an aromatic ring is 1. The van der Waals surface area contributed by atoms with Gasteiger partial charge in [-0.3, -0.25) is 0 Å². The Morgan fingerprint density at radius 1 is 0.377 bits per heavy atom. The van der Waals surface area contributed by atoms with Gasteiger partial charge in [0.05, 0.1) is 28.4 Å². The predicted octanol–water partition coefficient (Wildman–Crippen LogP) is 14.0. The average Bonchev–Trinajstić information content (AvgIpc) is 3.17. The van der Waals surface area contributed by atoms with E-state index in [9.17, 15) is 0 Å². The Bertz CT molecular complexity index is 2800. The molecular formula is C50H41N3. The molecule has 0 aromatic heterocycles. The maximum absolute atomic E-state index is 6.76. The predicted molar refractivity (Wildman–Crippen MR) is 228 cm³/mol. The minimum absolute atomic E-state index is 0.738. The van der Waals surface area contributed by atoms with Crippen molar-refractivity contribution < 1.29 is 0 Å². The summed E-state index contributed by atoms with van der Waals surface area (Å²) >= 11 is 0. The van der Waals surface area contributed by atoms with E-state index in [2.05, 4.69) is 189 Å². The van der Waals surface area contributed by atoms with E-state index in [1.807, 2.05) is 12.1 Å². The fourth-order valence-electron chi connectivity index (χ4n) is 8.27. The lowest BCUT2D eigenvalue weighted by Gasteiger charge is -2.32. The van der Waals surface area contributed by atoms with Crippen LogP contribution in [0.25, 0.3) is 43.4 Å². The Labute approximate surface area is 311 Å². The summed E-state index contributed by atoms with van der Waals surface area (Å²) in [6.07, 6.45) is 0. The smallest absolute Gasteiger partial charge is 0.0691 e. The van der Waals surface area contributed by atoms with E-state index in [0.717, 1.165) is 39.8 Å². The summed E-state index contributed by atoms with van der Waals surface area (Å²) in [4.78, 5) is 4.81. The van der Waals surface area contributed by atoms with Gasteiger partial charge < -0.3 is 15.5 Å². The monoisotopic (exact) mass is 683 g/mol. The molecule has 9 aromatic rings. The molecule has 3 heteroatoms. The number of nitrogens with zero attached hydrogens (tertiary/aromatic N) is 2. The number of rotatable bonds is 7. The van der Waals surface area contributed by atoms with E-state index < -0.39 is 0 Å². The lowest BCUT2D eigenvalue weighted by molar-refractivity contribution is 1.25. The third-order valence-electron chi connectivity index (χ3n) is 10.7. The summed E-state index contributed by atoms with van der Waals surface area (Å²) in [6.45, 7) is 8.72. The summed E-state index contributed by atoms with van der Waals surface area (Å²) in [6, 6.07) is 59.4. The standard InChI is InChI=1S/C50H41N3/c1-32-18-26-43(34(3)30-32)52(45-16-10-8-14-39(45)36-12-6-5-7-13-36)46-28-22-37-20-21-38-23-29-47(41-25-24-40(46)49(37)50(38)41)53(48-17-11-9-15-42(48)51)44-27-19-33(2)31-35(44)4/h5-31H,51H2,1-4H3. The zero-order valence-corrected chi connectivity index (χ0v) is 30.6. The summed E-state index contributed by atoms with van der Waals surface area (Å²) in [7, 11) is 0. The molecule has 53 heavy (non-hydrogen) atoms. The van der Waals surface area contributed by atoms with E-state index in [1.165, 1.54) is 65.7 Å². The molecule has 0 unspecified atom stereocenters. The largest absolute Gasteiger partial charge is 0.397 e. The van der Waals surface area contributed by atoms with Gasteiger partial charge in [-0.2, -0.15) is 0 Å². The molecule has 0 atom stereocenters. The number of nitrogens with two attached hydrogens (primary N) is 1. The Morgan fingerprint density at radius 3 is 1.38 bits per heavy atom. The second-order valence-electron chi connectivity index (χ2n) is 14.3. The topological polar surface area (TPSA) is 32.5 Å². The van der Waals surface area contributed by atoms with E-state index in [4.69, 9.17) is 5.73 Å². The van der Waals surface area contributed by atoms with Crippen molar-refractivity contribution in [2.45, 2.75) is 27.7 Å². The molecule has 0 saturated heterocycles. The van der Waals surface area contributed by atoms with Crippen LogP contribution < -0.4 is 15.5 Å². The van der Waals surface area contributed by atoms with E-state index in [1.54, 1.807) is 0 Å². The fraction of sp³-hybridized carbons (Fsp3) is 0.0800. The van der Waals surface area contributed by atoms with Gasteiger partial charge in [-0.05, 0) is 108 Å². The molecule has 0 aliphatic rings. The van der Waals surface area contributed by atoms with Crippen molar-refractivity contribution in [1.82, 2.24) is 0 Å². The minimum Gasteiger partial charge on any atom is -0.397 e. The van der Waals surface area contributed by atoms with Crippen LogP contribution in [-0.4, -0.2) is 0 Å². The molecule has 0 bridgehead atoms. The summed E-state index contributed by atoms with van der Waals surface area (Å²) in [5.74, 6) is 0. The maximum atomic E-state index is 6.76. The fourth-order valence-corrected chi connectivity index (χ4v) is 8.27. The van der Waals surface area contributed by atoms with Crippen molar-refractivity contribution in [3.8, 4) is 11.1 Å². The van der Waals surface area contributed by atoms with Crippen LogP contribution in [0.4, 0.5) is 39.8 Å². The zero-order chi connectivity index (χ0) is 36.2. The molecule has 3 nitrogen and oxygen atoms in total. The van der Waals surface area contributed by atoms with E-state index in [0.29, 0.717) is 0 Å². The molecule has 9 aromatic carbocycles. The van der Waals surface area contributed by atoms with Crippen molar-refractivity contribution in [2.24, 2.45) is 0 Å². The van der Waals surface area contributed by atoms with Crippen LogP contribution in [0, 0.1) is 27.7 Å². The van der Waals surface area contributed by atoms with Crippen LogP contribution >= 0.6 is 0 Å². The van der Waals surface area contributed by atoms with Gasteiger partial charge in [0.15, 0.2) is 0 Å². The van der Waals surface area contributed by atoms with Crippen LogP contribution in [0.3, 0.4) is 0 Å². The van der Waals surface area contributed by atoms with E-state index in [-0.39, 0.29) is 0 Å². The van der Waals surface area contributed by atoms with Crippen molar-refractivity contribution in [3.05, 3.63) is 186 Å². The van der Waals surface area contributed by atoms with Gasteiger partial charge in [0.25, 0.3) is 0 Å². The summed E-state index contributed by atoms with van der Waals surface area (Å²) < 4.78 is 0. The van der Waals surface area contributed by atoms with Crippen molar-refractivity contribution in [2.75, 3.05) is 15.5 Å². The van der Waals surface area contributed by atoms with Crippen LogP contribution in [0.5, 0.6) is 0 Å². The van der Waals surface area contributed by atoms with Crippen LogP contribution in [-0.2, 0) is 0 Å². The van der Waals surface area contributed by atoms with Gasteiger partial charge >= 0.3 is 0 Å². The lowest BCUT2D eigenvalue weighted by atomic mass is 9.91. The summed E-state index contributed by atoms with van der Waals surface area (Å²) in [5, 5.41) is 7.33. The highest BCUT2D eigenvalue weighted by molar-refractivity contribution is 6.28. The van der Waals surface area contributed by atoms with Gasteiger partial charge in [-0.1, -0.05) is 132 Å². The molecule has 0 amide bonds. The molecule has 0 spiro atoms. The van der Waals surface area contributed by atoms with Crippen molar-refractivity contribution >= 4 is 72.1 Å². The molecule has 0 heterocycles. The quantitative estimate of drug-likeness (QED) is 0.134. The zero-order valence-electron chi connectivity index (χ0n) is 30.6. The van der Waals surface area contributed by atoms with Crippen LogP contribution in [0.2, 0.25) is 0 Å². The third kappa shape index (κ3) is 5.44. The molecule has 256 valence electrons. The Kier molecular flexibility index (Phi) is 7.86. The van der Waals surface area contributed by atoms with Gasteiger partial charge in [-0.25, -0.2) is 0 Å². The first-order valence-electron chi connectivity index (χ1n) is 18.3. The molecule has 0 aliphatic carbocycles. The first-order valence-corrected chi connectivity index (χ1v) is 18.3. The van der Waals surface area contributed by atoms with Gasteiger partial charge in [0.2, 0.25) is 0 Å². The second kappa shape index (κ2) is 12.9. The Balaban J connectivity index is 1.34. The highest BCUT2D eigenvalue weighted by Crippen LogP contribution is 2.50. The maximum Gasteiger partial charge on any atom is 0.0691 e. The van der Waals surface area contributed by atoms with Crippen molar-refractivity contribution in [3.63, 3.8) is 0 Å². The molecular weight excluding hydrogens is 643 g/mol. The average molecular weight is 684 g/mol. The third-order valence-corrected chi connectivity index (χ3v) is 10.7. The van der Waals surface area contributed by atoms with Gasteiger partial charge in [0.1, 0.15) is 0 Å². The lowest BCUT2D eigenvalue weighted by Crippen LogP contribution is -2.14. The van der Waals surface area contributed by atoms with Crippen LogP contribution in [0.1, 0.15) is 22.3 Å². The Hall–Kier alpha value is -6.58. The molecule has 0 aliphatic heterocycles. The first-order chi connectivity index (χ1) is 25.9. The normalized spacial score (nSPS) is 11.5. The summed E-state index contributed by atoms with van der Waals surface area (Å²) in [5.41, 5.74) is 21.4.